The first-order chi connectivity index (χ1) is 13.1. The molecule has 6 heteroatoms. The molecule has 138 valence electrons. The molecule has 6 nitrogen and oxygen atoms in total. The van der Waals surface area contributed by atoms with Crippen LogP contribution in [0.4, 0.5) is 5.69 Å². The van der Waals surface area contributed by atoms with Crippen LogP contribution in [0.15, 0.2) is 42.5 Å². The van der Waals surface area contributed by atoms with Crippen LogP contribution in [-0.2, 0) is 16.0 Å². The van der Waals surface area contributed by atoms with Gasteiger partial charge in [-0.05, 0) is 61.4 Å². The largest absolute Gasteiger partial charge is 0.493 e. The van der Waals surface area contributed by atoms with E-state index in [1.165, 1.54) is 0 Å². The molecule has 1 atom stereocenters. The summed E-state index contributed by atoms with van der Waals surface area (Å²) < 4.78 is 10.7. The third kappa shape index (κ3) is 4.64. The Labute approximate surface area is 157 Å². The minimum Gasteiger partial charge on any atom is -0.493 e. The van der Waals surface area contributed by atoms with Crippen molar-refractivity contribution >= 4 is 17.6 Å². The number of hydrogen-bond acceptors (Lipinski definition) is 5. The molecule has 0 fully saturated rings. The van der Waals surface area contributed by atoms with E-state index in [-0.39, 0.29) is 17.8 Å². The fourth-order valence-corrected chi connectivity index (χ4v) is 3.02. The third-order valence-corrected chi connectivity index (χ3v) is 4.34. The first kappa shape index (κ1) is 18.5. The lowest BCUT2D eigenvalue weighted by atomic mass is 9.93. The molecule has 1 aliphatic rings. The maximum atomic E-state index is 12.4. The van der Waals surface area contributed by atoms with Gasteiger partial charge < -0.3 is 14.8 Å². The van der Waals surface area contributed by atoms with Gasteiger partial charge in [0.1, 0.15) is 5.75 Å². The lowest BCUT2D eigenvalue weighted by molar-refractivity contribution is -0.144. The molecule has 0 saturated heterocycles. The molecule has 1 N–H and O–H groups in total. The number of nitrogens with one attached hydrogen (secondary N) is 1. The number of anilines is 1. The highest BCUT2D eigenvalue weighted by molar-refractivity contribution is 6.04. The highest BCUT2D eigenvalue weighted by Gasteiger charge is 2.23. The molecular weight excluding hydrogens is 344 g/mol. The fraction of sp³-hybridized carbons (Fsp3) is 0.286. The quantitative estimate of drug-likeness (QED) is 0.822. The molecule has 0 saturated carbocycles. The standard InChI is InChI=1S/C21H20N2O4/c1-2-26-20(24)10-15-9-17-11-18(7-8-19(17)27-13-15)23-21(25)16-5-3-14(12-22)4-6-16/h3-8,11,15H,2,9-10,13H2,1H3,(H,23,25). The summed E-state index contributed by atoms with van der Waals surface area (Å²) in [7, 11) is 0. The van der Waals surface area contributed by atoms with Crippen LogP contribution in [0.2, 0.25) is 0 Å². The van der Waals surface area contributed by atoms with Crippen molar-refractivity contribution in [2.24, 2.45) is 5.92 Å². The molecule has 1 unspecified atom stereocenters. The second-order valence-corrected chi connectivity index (χ2v) is 6.36. The summed E-state index contributed by atoms with van der Waals surface area (Å²) in [6.07, 6.45) is 1.00. The average molecular weight is 364 g/mol. The summed E-state index contributed by atoms with van der Waals surface area (Å²) in [6, 6.07) is 13.9. The van der Waals surface area contributed by atoms with Crippen molar-refractivity contribution in [1.29, 1.82) is 5.26 Å². The van der Waals surface area contributed by atoms with E-state index in [9.17, 15) is 9.59 Å². The number of ether oxygens (including phenoxy) is 2. The molecule has 3 rings (SSSR count). The van der Waals surface area contributed by atoms with Crippen molar-refractivity contribution in [2.45, 2.75) is 19.8 Å². The molecule has 0 aromatic heterocycles. The number of nitriles is 1. The molecule has 0 aliphatic carbocycles. The Bertz CT molecular complexity index is 884. The van der Waals surface area contributed by atoms with E-state index in [2.05, 4.69) is 5.32 Å². The van der Waals surface area contributed by atoms with Crippen molar-refractivity contribution in [3.05, 3.63) is 59.2 Å². The van der Waals surface area contributed by atoms with Gasteiger partial charge in [0.05, 0.1) is 31.3 Å². The number of esters is 1. The summed E-state index contributed by atoms with van der Waals surface area (Å²) in [6.45, 7) is 2.63. The number of carbonyl (C=O) groups excluding carboxylic acids is 2. The monoisotopic (exact) mass is 364 g/mol. The normalized spacial score (nSPS) is 15.0. The highest BCUT2D eigenvalue weighted by Crippen LogP contribution is 2.31. The van der Waals surface area contributed by atoms with E-state index in [1.807, 2.05) is 18.2 Å². The van der Waals surface area contributed by atoms with Crippen molar-refractivity contribution in [2.75, 3.05) is 18.5 Å². The van der Waals surface area contributed by atoms with Gasteiger partial charge in [-0.1, -0.05) is 0 Å². The van der Waals surface area contributed by atoms with Crippen LogP contribution in [0.3, 0.4) is 0 Å². The van der Waals surface area contributed by atoms with Crippen LogP contribution >= 0.6 is 0 Å². The van der Waals surface area contributed by atoms with Crippen LogP contribution in [0, 0.1) is 17.2 Å². The number of fused-ring (bicyclic) bond motifs is 1. The van der Waals surface area contributed by atoms with Gasteiger partial charge in [0.15, 0.2) is 0 Å². The van der Waals surface area contributed by atoms with Gasteiger partial charge in [0, 0.05) is 17.2 Å². The number of hydrogen-bond donors (Lipinski definition) is 1. The Balaban J connectivity index is 1.67. The Hall–Kier alpha value is -3.33. The van der Waals surface area contributed by atoms with E-state index < -0.39 is 0 Å². The summed E-state index contributed by atoms with van der Waals surface area (Å²) in [5.41, 5.74) is 2.59. The first-order valence-electron chi connectivity index (χ1n) is 8.82. The van der Waals surface area contributed by atoms with E-state index in [1.54, 1.807) is 37.3 Å². The van der Waals surface area contributed by atoms with Crippen molar-refractivity contribution < 1.29 is 19.1 Å². The number of benzene rings is 2. The molecule has 1 heterocycles. The van der Waals surface area contributed by atoms with Crippen LogP contribution < -0.4 is 10.1 Å². The van der Waals surface area contributed by atoms with E-state index >= 15 is 0 Å². The van der Waals surface area contributed by atoms with Crippen LogP contribution in [0.1, 0.15) is 34.8 Å². The summed E-state index contributed by atoms with van der Waals surface area (Å²) in [4.78, 5) is 24.1. The molecule has 0 spiro atoms. The fourth-order valence-electron chi connectivity index (χ4n) is 3.02. The predicted octanol–water partition coefficient (Wildman–Crippen LogP) is 3.31. The average Bonchev–Trinajstić information content (AvgIpc) is 2.68. The molecular formula is C21H20N2O4. The molecule has 27 heavy (non-hydrogen) atoms. The summed E-state index contributed by atoms with van der Waals surface area (Å²) in [5, 5.41) is 11.7. The molecule has 2 aromatic carbocycles. The number of carbonyl (C=O) groups is 2. The molecule has 1 aliphatic heterocycles. The van der Waals surface area contributed by atoms with E-state index in [0.29, 0.717) is 42.9 Å². The van der Waals surface area contributed by atoms with Gasteiger partial charge in [0.25, 0.3) is 5.91 Å². The van der Waals surface area contributed by atoms with Crippen molar-refractivity contribution in [3.8, 4) is 11.8 Å². The zero-order valence-corrected chi connectivity index (χ0v) is 15.0. The Morgan fingerprint density at radius 2 is 2.04 bits per heavy atom. The van der Waals surface area contributed by atoms with Gasteiger partial charge in [-0.25, -0.2) is 0 Å². The minimum atomic E-state index is -0.251. The van der Waals surface area contributed by atoms with Crippen LogP contribution in [0.25, 0.3) is 0 Å². The van der Waals surface area contributed by atoms with Gasteiger partial charge in [0.2, 0.25) is 0 Å². The van der Waals surface area contributed by atoms with Crippen molar-refractivity contribution in [3.63, 3.8) is 0 Å². The topological polar surface area (TPSA) is 88.4 Å². The number of nitrogens with zero attached hydrogens (tertiary/aromatic N) is 1. The summed E-state index contributed by atoms with van der Waals surface area (Å²) >= 11 is 0. The van der Waals surface area contributed by atoms with E-state index in [0.717, 1.165) is 11.3 Å². The van der Waals surface area contributed by atoms with Crippen LogP contribution in [-0.4, -0.2) is 25.1 Å². The Kier molecular flexibility index (Phi) is 5.72. The molecule has 0 bridgehead atoms. The third-order valence-electron chi connectivity index (χ3n) is 4.34. The van der Waals surface area contributed by atoms with Crippen molar-refractivity contribution in [1.82, 2.24) is 0 Å². The zero-order chi connectivity index (χ0) is 19.2. The molecule has 0 radical (unpaired) electrons. The number of rotatable bonds is 5. The second-order valence-electron chi connectivity index (χ2n) is 6.36. The maximum absolute atomic E-state index is 12.4. The first-order valence-corrected chi connectivity index (χ1v) is 8.82. The van der Waals surface area contributed by atoms with Gasteiger partial charge in [-0.2, -0.15) is 5.26 Å². The smallest absolute Gasteiger partial charge is 0.306 e. The lowest BCUT2D eigenvalue weighted by Gasteiger charge is -2.25. The minimum absolute atomic E-state index is 0.0565. The van der Waals surface area contributed by atoms with Gasteiger partial charge in [-0.3, -0.25) is 9.59 Å². The van der Waals surface area contributed by atoms with E-state index in [4.69, 9.17) is 14.7 Å². The zero-order valence-electron chi connectivity index (χ0n) is 15.0. The van der Waals surface area contributed by atoms with Gasteiger partial charge >= 0.3 is 5.97 Å². The maximum Gasteiger partial charge on any atom is 0.306 e. The Morgan fingerprint density at radius 1 is 1.26 bits per heavy atom. The molecule has 2 aromatic rings. The lowest BCUT2D eigenvalue weighted by Crippen LogP contribution is -2.24. The summed E-state index contributed by atoms with van der Waals surface area (Å²) in [5.74, 6) is 0.353. The Morgan fingerprint density at radius 3 is 2.74 bits per heavy atom. The SMILES string of the molecule is CCOC(=O)CC1COc2ccc(NC(=O)c3ccc(C#N)cc3)cc2C1. The molecule has 1 amide bonds. The predicted molar refractivity (Wildman–Crippen MR) is 99.5 cm³/mol. The number of amides is 1. The van der Waals surface area contributed by atoms with Gasteiger partial charge in [-0.15, -0.1) is 0 Å². The highest BCUT2D eigenvalue weighted by atomic mass is 16.5. The second kappa shape index (κ2) is 8.37. The van der Waals surface area contributed by atoms with Crippen LogP contribution in [0.5, 0.6) is 5.75 Å².